The van der Waals surface area contributed by atoms with Gasteiger partial charge in [-0.2, -0.15) is 0 Å². The smallest absolute Gasteiger partial charge is 0.189 e. The Bertz CT molecular complexity index is 829. The van der Waals surface area contributed by atoms with E-state index < -0.39 is 11.6 Å². The summed E-state index contributed by atoms with van der Waals surface area (Å²) in [7, 11) is 0. The quantitative estimate of drug-likeness (QED) is 0.945. The van der Waals surface area contributed by atoms with Gasteiger partial charge in [0.25, 0.3) is 0 Å². The molecule has 23 heavy (non-hydrogen) atoms. The summed E-state index contributed by atoms with van der Waals surface area (Å²) in [6, 6.07) is 2.78. The van der Waals surface area contributed by atoms with Crippen molar-refractivity contribution < 1.29 is 8.78 Å². The molecule has 1 saturated heterocycles. The van der Waals surface area contributed by atoms with E-state index >= 15 is 4.39 Å². The van der Waals surface area contributed by atoms with Gasteiger partial charge in [0.1, 0.15) is 11.5 Å². The maximum absolute atomic E-state index is 15.2. The molecule has 0 radical (unpaired) electrons. The van der Waals surface area contributed by atoms with Crippen LogP contribution in [0.15, 0.2) is 23.1 Å². The molecule has 122 valence electrons. The van der Waals surface area contributed by atoms with E-state index in [2.05, 4.69) is 0 Å². The summed E-state index contributed by atoms with van der Waals surface area (Å²) in [4.78, 5) is 13.8. The second-order valence-electron chi connectivity index (χ2n) is 6.57. The molecule has 0 bridgehead atoms. The first-order chi connectivity index (χ1) is 11.1. The van der Waals surface area contributed by atoms with Crippen LogP contribution in [-0.2, 0) is 0 Å². The lowest BCUT2D eigenvalue weighted by Gasteiger charge is -2.22. The Balaban J connectivity index is 1.92. The Hall–Kier alpha value is -1.95. The fourth-order valence-corrected chi connectivity index (χ4v) is 3.53. The molecule has 1 unspecified atom stereocenters. The average molecular weight is 319 g/mol. The lowest BCUT2D eigenvalue weighted by molar-refractivity contribution is 0.571. The van der Waals surface area contributed by atoms with E-state index in [9.17, 15) is 9.18 Å². The van der Waals surface area contributed by atoms with Crippen molar-refractivity contribution >= 4 is 16.6 Å². The van der Waals surface area contributed by atoms with Gasteiger partial charge in [-0.25, -0.2) is 8.78 Å². The first-order valence-electron chi connectivity index (χ1n) is 8.08. The number of rotatable bonds is 3. The lowest BCUT2D eigenvalue weighted by atomic mass is 10.1. The largest absolute Gasteiger partial charge is 0.366 e. The maximum atomic E-state index is 15.2. The van der Waals surface area contributed by atoms with Crippen molar-refractivity contribution in [3.8, 4) is 0 Å². The second-order valence-corrected chi connectivity index (χ2v) is 6.57. The third-order valence-electron chi connectivity index (χ3n) is 4.95. The third-order valence-corrected chi connectivity index (χ3v) is 4.95. The lowest BCUT2D eigenvalue weighted by Crippen LogP contribution is -2.25. The highest BCUT2D eigenvalue weighted by Gasteiger charge is 2.31. The molecular formula is C17H19F2N3O. The molecule has 1 atom stereocenters. The number of fused-ring (bicyclic) bond motifs is 1. The van der Waals surface area contributed by atoms with E-state index in [-0.39, 0.29) is 34.0 Å². The number of anilines is 1. The van der Waals surface area contributed by atoms with Crippen LogP contribution < -0.4 is 16.1 Å². The molecule has 1 saturated carbocycles. The molecule has 6 heteroatoms. The normalized spacial score (nSPS) is 21.3. The molecule has 2 N–H and O–H groups in total. The first kappa shape index (κ1) is 14.6. The Morgan fingerprint density at radius 1 is 1.26 bits per heavy atom. The SMILES string of the molecule is NCC1CCN(c2c(F)cc3c(=O)ccn(C4CC4)c3c2F)C1. The van der Waals surface area contributed by atoms with Crippen LogP contribution in [0.25, 0.3) is 10.9 Å². The van der Waals surface area contributed by atoms with Crippen LogP contribution in [0.5, 0.6) is 0 Å². The Kier molecular flexibility index (Phi) is 3.37. The van der Waals surface area contributed by atoms with E-state index in [0.29, 0.717) is 19.6 Å². The molecule has 0 amide bonds. The topological polar surface area (TPSA) is 51.3 Å². The zero-order valence-corrected chi connectivity index (χ0v) is 12.8. The summed E-state index contributed by atoms with van der Waals surface area (Å²) >= 11 is 0. The molecular weight excluding hydrogens is 300 g/mol. The molecule has 2 aliphatic rings. The second kappa shape index (κ2) is 5.30. The number of nitrogens with zero attached hydrogens (tertiary/aromatic N) is 2. The average Bonchev–Trinajstić information content (AvgIpc) is 3.27. The maximum Gasteiger partial charge on any atom is 0.189 e. The zero-order valence-electron chi connectivity index (χ0n) is 12.8. The van der Waals surface area contributed by atoms with E-state index in [1.165, 1.54) is 12.1 Å². The third kappa shape index (κ3) is 2.32. The molecule has 4 nitrogen and oxygen atoms in total. The van der Waals surface area contributed by atoms with Crippen molar-refractivity contribution in [1.82, 2.24) is 4.57 Å². The summed E-state index contributed by atoms with van der Waals surface area (Å²) in [5.41, 5.74) is 5.54. The summed E-state index contributed by atoms with van der Waals surface area (Å²) in [6.45, 7) is 1.65. The molecule has 1 aliphatic heterocycles. The van der Waals surface area contributed by atoms with Gasteiger partial charge in [0.2, 0.25) is 0 Å². The molecule has 4 rings (SSSR count). The van der Waals surface area contributed by atoms with Crippen LogP contribution in [0, 0.1) is 17.6 Å². The number of aromatic nitrogens is 1. The van der Waals surface area contributed by atoms with Gasteiger partial charge in [-0.05, 0) is 37.8 Å². The predicted molar refractivity (Wildman–Crippen MR) is 85.8 cm³/mol. The van der Waals surface area contributed by atoms with Crippen molar-refractivity contribution in [3.63, 3.8) is 0 Å². The van der Waals surface area contributed by atoms with Crippen LogP contribution in [0.4, 0.5) is 14.5 Å². The Morgan fingerprint density at radius 3 is 2.70 bits per heavy atom. The van der Waals surface area contributed by atoms with Gasteiger partial charge in [-0.15, -0.1) is 0 Å². The molecule has 1 aliphatic carbocycles. The molecule has 2 fully saturated rings. The highest BCUT2D eigenvalue weighted by atomic mass is 19.1. The van der Waals surface area contributed by atoms with E-state index in [4.69, 9.17) is 5.73 Å². The van der Waals surface area contributed by atoms with Crippen molar-refractivity contribution in [2.75, 3.05) is 24.5 Å². The van der Waals surface area contributed by atoms with Crippen LogP contribution in [0.1, 0.15) is 25.3 Å². The van der Waals surface area contributed by atoms with Gasteiger partial charge in [0.15, 0.2) is 11.2 Å². The molecule has 0 spiro atoms. The summed E-state index contributed by atoms with van der Waals surface area (Å²) in [5.74, 6) is -1.04. The van der Waals surface area contributed by atoms with Gasteiger partial charge >= 0.3 is 0 Å². The van der Waals surface area contributed by atoms with Crippen LogP contribution in [-0.4, -0.2) is 24.2 Å². The minimum atomic E-state index is -0.668. The summed E-state index contributed by atoms with van der Waals surface area (Å²) in [5, 5.41) is 0.118. The molecule has 2 heterocycles. The highest BCUT2D eigenvalue weighted by molar-refractivity contribution is 5.84. The highest BCUT2D eigenvalue weighted by Crippen LogP contribution is 2.39. The fraction of sp³-hybridized carbons (Fsp3) is 0.471. The zero-order chi connectivity index (χ0) is 16.1. The monoisotopic (exact) mass is 319 g/mol. The molecule has 1 aromatic carbocycles. The fourth-order valence-electron chi connectivity index (χ4n) is 3.53. The standard InChI is InChI=1S/C17H19F2N3O/c18-13-7-12-14(23)4-6-22(11-1-2-11)16(12)15(19)17(13)21-5-3-10(8-20)9-21/h4,6-7,10-11H,1-3,5,8-9,20H2. The van der Waals surface area contributed by atoms with Crippen molar-refractivity contribution in [1.29, 1.82) is 0 Å². The van der Waals surface area contributed by atoms with Crippen LogP contribution >= 0.6 is 0 Å². The van der Waals surface area contributed by atoms with Crippen molar-refractivity contribution in [3.05, 3.63) is 40.2 Å². The summed E-state index contributed by atoms with van der Waals surface area (Å²) in [6.07, 6.45) is 4.38. The minimum absolute atomic E-state index is 0.0200. The number of nitrogens with two attached hydrogens (primary N) is 1. The summed E-state index contributed by atoms with van der Waals surface area (Å²) < 4.78 is 31.5. The number of benzene rings is 1. The van der Waals surface area contributed by atoms with E-state index in [1.807, 2.05) is 0 Å². The number of hydrogen-bond acceptors (Lipinski definition) is 3. The number of hydrogen-bond donors (Lipinski definition) is 1. The Morgan fingerprint density at radius 2 is 2.04 bits per heavy atom. The molecule has 1 aromatic heterocycles. The van der Waals surface area contributed by atoms with Gasteiger partial charge < -0.3 is 15.2 Å². The van der Waals surface area contributed by atoms with Gasteiger partial charge in [-0.1, -0.05) is 0 Å². The number of pyridine rings is 1. The van der Waals surface area contributed by atoms with Crippen molar-refractivity contribution in [2.45, 2.75) is 25.3 Å². The Labute approximate surface area is 132 Å². The van der Waals surface area contributed by atoms with Gasteiger partial charge in [0.05, 0.1) is 10.9 Å². The number of halogens is 2. The molecule has 2 aromatic rings. The van der Waals surface area contributed by atoms with Crippen LogP contribution in [0.3, 0.4) is 0 Å². The van der Waals surface area contributed by atoms with E-state index in [1.54, 1.807) is 15.7 Å². The van der Waals surface area contributed by atoms with Crippen molar-refractivity contribution in [2.24, 2.45) is 11.7 Å². The predicted octanol–water partition coefficient (Wildman–Crippen LogP) is 2.40. The van der Waals surface area contributed by atoms with Gasteiger partial charge in [0, 0.05) is 31.4 Å². The van der Waals surface area contributed by atoms with Gasteiger partial charge in [-0.3, -0.25) is 4.79 Å². The first-order valence-corrected chi connectivity index (χ1v) is 8.08. The minimum Gasteiger partial charge on any atom is -0.366 e. The van der Waals surface area contributed by atoms with Crippen LogP contribution in [0.2, 0.25) is 0 Å². The van der Waals surface area contributed by atoms with E-state index in [0.717, 1.165) is 19.3 Å².